The Balaban J connectivity index is 2.49. The van der Waals surface area contributed by atoms with Crippen molar-refractivity contribution >= 4 is 44.9 Å². The highest BCUT2D eigenvalue weighted by Gasteiger charge is 2.16. The zero-order valence-corrected chi connectivity index (χ0v) is 12.6. The molecular weight excluding hydrogens is 284 g/mol. The first kappa shape index (κ1) is 14.0. The quantitative estimate of drug-likeness (QED) is 0.880. The molecule has 0 aliphatic carbocycles. The SMILES string of the molecule is CCN(CC(=O)NC)c1nc(Cl)nc2sc(C)cc12. The van der Waals surface area contributed by atoms with Crippen molar-refractivity contribution in [2.45, 2.75) is 13.8 Å². The average Bonchev–Trinajstić information content (AvgIpc) is 2.74. The van der Waals surface area contributed by atoms with Gasteiger partial charge in [0.1, 0.15) is 10.6 Å². The highest BCUT2D eigenvalue weighted by Crippen LogP contribution is 2.31. The fourth-order valence-corrected chi connectivity index (χ4v) is 2.92. The Kier molecular flexibility index (Phi) is 4.21. The van der Waals surface area contributed by atoms with Crippen LogP contribution in [0.2, 0.25) is 5.28 Å². The molecule has 0 unspecified atom stereocenters. The lowest BCUT2D eigenvalue weighted by Crippen LogP contribution is -2.36. The second kappa shape index (κ2) is 5.71. The molecule has 2 rings (SSSR count). The van der Waals surface area contributed by atoms with Crippen LogP contribution in [0.5, 0.6) is 0 Å². The second-order valence-electron chi connectivity index (χ2n) is 4.08. The number of rotatable bonds is 4. The molecule has 0 spiro atoms. The third-order valence-corrected chi connectivity index (χ3v) is 3.88. The van der Waals surface area contributed by atoms with E-state index in [0.29, 0.717) is 12.4 Å². The van der Waals surface area contributed by atoms with Crippen LogP contribution in [0, 0.1) is 6.92 Å². The summed E-state index contributed by atoms with van der Waals surface area (Å²) < 4.78 is 0. The molecule has 2 aromatic rings. The van der Waals surface area contributed by atoms with E-state index < -0.39 is 0 Å². The van der Waals surface area contributed by atoms with E-state index in [1.54, 1.807) is 18.4 Å². The summed E-state index contributed by atoms with van der Waals surface area (Å²) in [5, 5.41) is 3.76. The summed E-state index contributed by atoms with van der Waals surface area (Å²) in [6, 6.07) is 2.03. The largest absolute Gasteiger partial charge is 0.358 e. The van der Waals surface area contributed by atoms with Gasteiger partial charge in [-0.2, -0.15) is 4.98 Å². The molecule has 0 aromatic carbocycles. The molecule has 2 aromatic heterocycles. The molecule has 0 saturated heterocycles. The molecule has 0 radical (unpaired) electrons. The Labute approximate surface area is 120 Å². The van der Waals surface area contributed by atoms with Crippen molar-refractivity contribution in [1.29, 1.82) is 0 Å². The van der Waals surface area contributed by atoms with E-state index in [1.807, 2.05) is 24.8 Å². The first-order valence-electron chi connectivity index (χ1n) is 5.94. The predicted octanol–water partition coefficient (Wildman–Crippen LogP) is 2.23. The Bertz CT molecular complexity index is 613. The lowest BCUT2D eigenvalue weighted by Gasteiger charge is -2.21. The first-order chi connectivity index (χ1) is 9.05. The van der Waals surface area contributed by atoms with Crippen molar-refractivity contribution in [2.24, 2.45) is 0 Å². The van der Waals surface area contributed by atoms with E-state index >= 15 is 0 Å². The molecule has 7 heteroatoms. The molecule has 19 heavy (non-hydrogen) atoms. The van der Waals surface area contributed by atoms with Crippen molar-refractivity contribution in [3.05, 3.63) is 16.2 Å². The van der Waals surface area contributed by atoms with Crippen molar-refractivity contribution in [3.63, 3.8) is 0 Å². The number of aromatic nitrogens is 2. The van der Waals surface area contributed by atoms with Gasteiger partial charge in [0, 0.05) is 18.5 Å². The zero-order chi connectivity index (χ0) is 14.0. The number of anilines is 1. The van der Waals surface area contributed by atoms with Crippen LogP contribution < -0.4 is 10.2 Å². The predicted molar refractivity (Wildman–Crippen MR) is 79.1 cm³/mol. The van der Waals surface area contributed by atoms with Gasteiger partial charge in [-0.3, -0.25) is 4.79 Å². The highest BCUT2D eigenvalue weighted by molar-refractivity contribution is 7.18. The van der Waals surface area contributed by atoms with Gasteiger partial charge in [0.05, 0.1) is 11.9 Å². The van der Waals surface area contributed by atoms with Crippen LogP contribution in [0.25, 0.3) is 10.2 Å². The normalized spacial score (nSPS) is 10.7. The van der Waals surface area contributed by atoms with Gasteiger partial charge >= 0.3 is 0 Å². The molecular formula is C12H15ClN4OS. The van der Waals surface area contributed by atoms with Crippen LogP contribution in [-0.2, 0) is 4.79 Å². The minimum Gasteiger partial charge on any atom is -0.358 e. The Morgan fingerprint density at radius 2 is 2.26 bits per heavy atom. The van der Waals surface area contributed by atoms with Crippen molar-refractivity contribution in [2.75, 3.05) is 25.0 Å². The number of aryl methyl sites for hydroxylation is 1. The standard InChI is InChI=1S/C12H15ClN4OS/c1-4-17(6-9(18)14-3)10-8-5-7(2)19-11(8)16-12(13)15-10/h5H,4,6H2,1-3H3,(H,14,18). The smallest absolute Gasteiger partial charge is 0.239 e. The molecule has 0 atom stereocenters. The number of fused-ring (bicyclic) bond motifs is 1. The van der Waals surface area contributed by atoms with Crippen LogP contribution in [0.15, 0.2) is 6.07 Å². The number of halogens is 1. The minimum absolute atomic E-state index is 0.0586. The van der Waals surface area contributed by atoms with Gasteiger partial charge in [0.25, 0.3) is 0 Å². The number of amides is 1. The maximum Gasteiger partial charge on any atom is 0.239 e. The number of carbonyl (C=O) groups is 1. The van der Waals surface area contributed by atoms with Crippen LogP contribution in [0.1, 0.15) is 11.8 Å². The molecule has 1 N–H and O–H groups in total. The van der Waals surface area contributed by atoms with Gasteiger partial charge < -0.3 is 10.2 Å². The van der Waals surface area contributed by atoms with Crippen LogP contribution in [0.4, 0.5) is 5.82 Å². The Morgan fingerprint density at radius 3 is 2.89 bits per heavy atom. The van der Waals surface area contributed by atoms with Gasteiger partial charge in [-0.05, 0) is 31.5 Å². The van der Waals surface area contributed by atoms with Crippen LogP contribution in [0.3, 0.4) is 0 Å². The third kappa shape index (κ3) is 2.96. The second-order valence-corrected chi connectivity index (χ2v) is 5.65. The third-order valence-electron chi connectivity index (χ3n) is 2.76. The molecule has 0 fully saturated rings. The fraction of sp³-hybridized carbons (Fsp3) is 0.417. The highest BCUT2D eigenvalue weighted by atomic mass is 35.5. The van der Waals surface area contributed by atoms with Gasteiger partial charge in [-0.15, -0.1) is 11.3 Å². The zero-order valence-electron chi connectivity index (χ0n) is 11.0. The lowest BCUT2D eigenvalue weighted by atomic mass is 10.3. The number of hydrogen-bond acceptors (Lipinski definition) is 5. The number of likely N-dealkylation sites (N-methyl/N-ethyl adjacent to an activating group) is 2. The molecule has 1 amide bonds. The number of nitrogens with zero attached hydrogens (tertiary/aromatic N) is 3. The van der Waals surface area contributed by atoms with Crippen molar-refractivity contribution in [3.8, 4) is 0 Å². The van der Waals surface area contributed by atoms with E-state index in [-0.39, 0.29) is 17.7 Å². The molecule has 5 nitrogen and oxygen atoms in total. The average molecular weight is 299 g/mol. The topological polar surface area (TPSA) is 58.1 Å². The van der Waals surface area contributed by atoms with E-state index in [2.05, 4.69) is 15.3 Å². The number of hydrogen-bond donors (Lipinski definition) is 1. The maximum atomic E-state index is 11.6. The van der Waals surface area contributed by atoms with Gasteiger partial charge in [0.15, 0.2) is 0 Å². The van der Waals surface area contributed by atoms with E-state index in [4.69, 9.17) is 11.6 Å². The van der Waals surface area contributed by atoms with E-state index in [0.717, 1.165) is 15.1 Å². The summed E-state index contributed by atoms with van der Waals surface area (Å²) >= 11 is 7.53. The maximum absolute atomic E-state index is 11.6. The van der Waals surface area contributed by atoms with Crippen molar-refractivity contribution in [1.82, 2.24) is 15.3 Å². The molecule has 0 saturated carbocycles. The summed E-state index contributed by atoms with van der Waals surface area (Å²) in [7, 11) is 1.62. The van der Waals surface area contributed by atoms with E-state index in [1.165, 1.54) is 0 Å². The number of thiophene rings is 1. The molecule has 102 valence electrons. The summed E-state index contributed by atoms with van der Waals surface area (Å²) in [5.74, 6) is 0.655. The first-order valence-corrected chi connectivity index (χ1v) is 7.13. The van der Waals surface area contributed by atoms with Gasteiger partial charge in [-0.25, -0.2) is 4.98 Å². The van der Waals surface area contributed by atoms with Crippen LogP contribution in [-0.4, -0.2) is 36.0 Å². The summed E-state index contributed by atoms with van der Waals surface area (Å²) in [6.07, 6.45) is 0. The Hall–Kier alpha value is -1.40. The minimum atomic E-state index is -0.0586. The van der Waals surface area contributed by atoms with Crippen LogP contribution >= 0.6 is 22.9 Å². The lowest BCUT2D eigenvalue weighted by molar-refractivity contribution is -0.119. The molecule has 2 heterocycles. The van der Waals surface area contributed by atoms with E-state index in [9.17, 15) is 4.79 Å². The number of carbonyl (C=O) groups excluding carboxylic acids is 1. The summed E-state index contributed by atoms with van der Waals surface area (Å²) in [6.45, 7) is 4.91. The van der Waals surface area contributed by atoms with Gasteiger partial charge in [-0.1, -0.05) is 0 Å². The molecule has 0 bridgehead atoms. The van der Waals surface area contributed by atoms with Crippen molar-refractivity contribution < 1.29 is 4.79 Å². The summed E-state index contributed by atoms with van der Waals surface area (Å²) in [5.41, 5.74) is 0. The van der Waals surface area contributed by atoms with Gasteiger partial charge in [0.2, 0.25) is 11.2 Å². The fourth-order valence-electron chi connectivity index (χ4n) is 1.83. The Morgan fingerprint density at radius 1 is 1.53 bits per heavy atom. The number of nitrogens with one attached hydrogen (secondary N) is 1. The summed E-state index contributed by atoms with van der Waals surface area (Å²) in [4.78, 5) is 23.9. The monoisotopic (exact) mass is 298 g/mol. The molecule has 0 aliphatic heterocycles. The molecule has 0 aliphatic rings.